The van der Waals surface area contributed by atoms with Crippen LogP contribution in [-0.4, -0.2) is 138 Å². The third-order valence-electron chi connectivity index (χ3n) is 7.24. The minimum absolute atomic E-state index is 0.0778. The first-order valence-electron chi connectivity index (χ1n) is 18.8. The van der Waals surface area contributed by atoms with Crippen LogP contribution >= 0.6 is 0 Å². The van der Waals surface area contributed by atoms with Crippen molar-refractivity contribution in [1.82, 2.24) is 0 Å². The maximum Gasteiger partial charge on any atom is 0.185 e. The van der Waals surface area contributed by atoms with E-state index < -0.39 is 120 Å². The predicted octanol–water partition coefficient (Wildman–Crippen LogP) is 7.62. The van der Waals surface area contributed by atoms with Gasteiger partial charge < -0.3 is 50.3 Å². The molecule has 2 aliphatic heterocycles. The van der Waals surface area contributed by atoms with Crippen molar-refractivity contribution in [3.63, 3.8) is 0 Å². The normalized spacial score (nSPS) is 32.4. The Morgan fingerprint density at radius 3 is 1.06 bits per heavy atom. The second-order valence-corrected chi connectivity index (χ2v) is 52.3. The van der Waals surface area contributed by atoms with Crippen LogP contribution in [0.2, 0.25) is 137 Å². The maximum atomic E-state index is 11.5. The molecule has 2 heterocycles. The topological polar surface area (TPSA) is 113 Å². The molecule has 0 amide bonds. The molecule has 0 aliphatic carbocycles. The highest BCUT2D eigenvalue weighted by molar-refractivity contribution is 6.72. The minimum atomic E-state index is -2.17. The van der Waals surface area contributed by atoms with Crippen molar-refractivity contribution >= 4 is 58.2 Å². The van der Waals surface area contributed by atoms with Crippen LogP contribution in [0, 0.1) is 0 Å². The summed E-state index contributed by atoms with van der Waals surface area (Å²) in [5.74, 6) is 0. The van der Waals surface area contributed by atoms with E-state index in [1.165, 1.54) is 0 Å². The Morgan fingerprint density at radius 1 is 0.373 bits per heavy atom. The molecule has 0 spiro atoms. The Bertz CT molecular complexity index is 1070. The first-order valence-corrected chi connectivity index (χ1v) is 42.7. The van der Waals surface area contributed by atoms with Crippen LogP contribution in [0.15, 0.2) is 0 Å². The first-order chi connectivity index (χ1) is 22.5. The van der Waals surface area contributed by atoms with Gasteiger partial charge in [-0.1, -0.05) is 0 Å². The molecule has 0 saturated carbocycles. The van der Waals surface area contributed by atoms with Gasteiger partial charge in [0.1, 0.15) is 48.8 Å². The molecule has 18 heteroatoms. The molecule has 2 aliphatic rings. The third kappa shape index (κ3) is 18.3. The van der Waals surface area contributed by atoms with E-state index in [2.05, 4.69) is 137 Å². The SMILES string of the molecule is C[Si](C)(C)OC[C@H]1O[C@@H](OCC2OC(O)[C@H](O[Si](C)(C)C)[C@@H](O[Si](C)(C)C)[C@@H]2O[Si](C)(C)C)[C@H](O[Si](C)(C)C)[C@@H](O[Si](C)(C)C)[C@@H]1O[Si](C)(C)C. The standard InChI is InChI=1S/C33H78O11Si7/c1-45(2,3)36-23-25-27(40-47(7,8)9)29(42-49(13,14)15)31(44-51(19,20)21)33(38-25)35-22-24-26(39-46(4,5)6)28(41-48(10,11)12)30(32(34)37-24)43-50(16,17)18/h24-34H,22-23H2,1-21H3/t24?,25-,26-,27-,28+,29+,30-,31-,32?,33-/m1/s1. The summed E-state index contributed by atoms with van der Waals surface area (Å²) in [4.78, 5) is 0. The van der Waals surface area contributed by atoms with Crippen LogP contribution in [0.3, 0.4) is 0 Å². The molecular formula is C33H78O11Si7. The number of rotatable bonds is 18. The average Bonchev–Trinajstić information content (AvgIpc) is 2.84. The fourth-order valence-corrected chi connectivity index (χ4v) is 13.1. The second-order valence-electron chi connectivity index (χ2n) is 21.0. The molecule has 304 valence electrons. The molecule has 10 atom stereocenters. The molecular weight excluding hydrogens is 769 g/mol. The lowest BCUT2D eigenvalue weighted by Crippen LogP contribution is -2.68. The Balaban J connectivity index is 2.64. The lowest BCUT2D eigenvalue weighted by molar-refractivity contribution is -0.316. The van der Waals surface area contributed by atoms with E-state index >= 15 is 0 Å². The fourth-order valence-electron chi connectivity index (χ4n) is 5.95. The van der Waals surface area contributed by atoms with Crippen LogP contribution in [0.1, 0.15) is 0 Å². The summed E-state index contributed by atoms with van der Waals surface area (Å²) in [6, 6.07) is 0. The van der Waals surface area contributed by atoms with E-state index in [1.54, 1.807) is 0 Å². The van der Waals surface area contributed by atoms with Crippen molar-refractivity contribution in [2.24, 2.45) is 0 Å². The average molecular weight is 848 g/mol. The zero-order chi connectivity index (χ0) is 39.8. The Kier molecular flexibility index (Phi) is 16.7. The van der Waals surface area contributed by atoms with Crippen molar-refractivity contribution in [3.05, 3.63) is 0 Å². The molecule has 0 radical (unpaired) electrons. The number of ether oxygens (including phenoxy) is 3. The maximum absolute atomic E-state index is 11.5. The van der Waals surface area contributed by atoms with Crippen LogP contribution in [-0.2, 0) is 45.2 Å². The highest BCUT2D eigenvalue weighted by atomic mass is 28.4. The summed E-state index contributed by atoms with van der Waals surface area (Å²) in [7, 11) is -14.7. The van der Waals surface area contributed by atoms with Crippen molar-refractivity contribution < 1.29 is 50.3 Å². The molecule has 2 saturated heterocycles. The van der Waals surface area contributed by atoms with Crippen LogP contribution in [0.4, 0.5) is 0 Å². The summed E-state index contributed by atoms with van der Waals surface area (Å²) < 4.78 is 67.8. The Morgan fingerprint density at radius 2 is 0.686 bits per heavy atom. The molecule has 51 heavy (non-hydrogen) atoms. The van der Waals surface area contributed by atoms with Gasteiger partial charge in [0, 0.05) is 0 Å². The van der Waals surface area contributed by atoms with E-state index in [-0.39, 0.29) is 6.61 Å². The van der Waals surface area contributed by atoms with Crippen LogP contribution in [0.5, 0.6) is 0 Å². The monoisotopic (exact) mass is 846 g/mol. The molecule has 2 rings (SSSR count). The summed E-state index contributed by atoms with van der Waals surface area (Å²) >= 11 is 0. The molecule has 0 aromatic carbocycles. The van der Waals surface area contributed by atoms with E-state index in [1.807, 2.05) is 0 Å². The van der Waals surface area contributed by atoms with Crippen molar-refractivity contribution in [3.8, 4) is 0 Å². The van der Waals surface area contributed by atoms with Gasteiger partial charge in [0.15, 0.2) is 70.8 Å². The highest BCUT2D eigenvalue weighted by Crippen LogP contribution is 2.37. The first kappa shape index (κ1) is 48.2. The van der Waals surface area contributed by atoms with Gasteiger partial charge in [-0.05, 0) is 137 Å². The summed E-state index contributed by atoms with van der Waals surface area (Å²) in [5.41, 5.74) is 0. The predicted molar refractivity (Wildman–Crippen MR) is 224 cm³/mol. The van der Waals surface area contributed by atoms with Crippen molar-refractivity contribution in [1.29, 1.82) is 0 Å². The quantitative estimate of drug-likeness (QED) is 0.138. The van der Waals surface area contributed by atoms with E-state index in [4.69, 9.17) is 45.2 Å². The highest BCUT2D eigenvalue weighted by Gasteiger charge is 2.55. The van der Waals surface area contributed by atoms with Crippen LogP contribution < -0.4 is 0 Å². The van der Waals surface area contributed by atoms with E-state index in [0.717, 1.165) is 0 Å². The largest absolute Gasteiger partial charge is 0.415 e. The van der Waals surface area contributed by atoms with Crippen molar-refractivity contribution in [2.75, 3.05) is 13.2 Å². The molecule has 0 aromatic rings. The van der Waals surface area contributed by atoms with Crippen molar-refractivity contribution in [2.45, 2.75) is 199 Å². The van der Waals surface area contributed by atoms with Gasteiger partial charge in [-0.15, -0.1) is 0 Å². The molecule has 1 N–H and O–H groups in total. The van der Waals surface area contributed by atoms with Gasteiger partial charge in [0.25, 0.3) is 0 Å². The summed E-state index contributed by atoms with van der Waals surface area (Å²) in [5, 5.41) is 11.5. The second kappa shape index (κ2) is 17.7. The van der Waals surface area contributed by atoms with E-state index in [0.29, 0.717) is 6.61 Å². The number of aliphatic hydroxyl groups is 1. The minimum Gasteiger partial charge on any atom is -0.415 e. The van der Waals surface area contributed by atoms with Gasteiger partial charge in [0.2, 0.25) is 0 Å². The molecule has 0 bridgehead atoms. The third-order valence-corrected chi connectivity index (χ3v) is 14.2. The number of hydrogen-bond donors (Lipinski definition) is 1. The van der Waals surface area contributed by atoms with Crippen LogP contribution in [0.25, 0.3) is 0 Å². The summed E-state index contributed by atoms with van der Waals surface area (Å²) in [6.45, 7) is 45.8. The smallest absolute Gasteiger partial charge is 0.185 e. The van der Waals surface area contributed by atoms with Gasteiger partial charge in [-0.2, -0.15) is 0 Å². The zero-order valence-electron chi connectivity index (χ0n) is 36.2. The Hall–Kier alpha value is 1.08. The summed E-state index contributed by atoms with van der Waals surface area (Å²) in [6.07, 6.45) is -6.28. The van der Waals surface area contributed by atoms with Gasteiger partial charge in [0.05, 0.1) is 13.2 Å². The fraction of sp³-hybridized carbons (Fsp3) is 1.00. The Labute approximate surface area is 319 Å². The lowest BCUT2D eigenvalue weighted by Gasteiger charge is -2.52. The molecule has 0 aromatic heterocycles. The van der Waals surface area contributed by atoms with Gasteiger partial charge in [-0.3, -0.25) is 0 Å². The molecule has 2 unspecified atom stereocenters. The number of hydrogen-bond acceptors (Lipinski definition) is 11. The van der Waals surface area contributed by atoms with Gasteiger partial charge >= 0.3 is 0 Å². The lowest BCUT2D eigenvalue weighted by atomic mass is 9.98. The molecule has 11 nitrogen and oxygen atoms in total. The molecule has 2 fully saturated rings. The number of aliphatic hydroxyl groups excluding tert-OH is 1. The zero-order valence-corrected chi connectivity index (χ0v) is 43.2. The van der Waals surface area contributed by atoms with Gasteiger partial charge in [-0.25, -0.2) is 0 Å². The van der Waals surface area contributed by atoms with E-state index in [9.17, 15) is 5.11 Å².